The van der Waals surface area contributed by atoms with Crippen LogP contribution in [-0.2, 0) is 6.42 Å². The maximum Gasteiger partial charge on any atom is 0.147 e. The molecule has 3 heteroatoms. The molecule has 90 valence electrons. The number of aliphatic hydroxyl groups excluding tert-OH is 1. The highest BCUT2D eigenvalue weighted by Crippen LogP contribution is 2.31. The Morgan fingerprint density at radius 3 is 3.00 bits per heavy atom. The van der Waals surface area contributed by atoms with Crippen molar-refractivity contribution >= 4 is 10.9 Å². The highest BCUT2D eigenvalue weighted by molar-refractivity contribution is 5.83. The highest BCUT2D eigenvalue weighted by atomic mass is 19.1. The third-order valence-electron chi connectivity index (χ3n) is 3.85. The lowest BCUT2D eigenvalue weighted by Crippen LogP contribution is -2.15. The van der Waals surface area contributed by atoms with Gasteiger partial charge in [-0.15, -0.1) is 0 Å². The van der Waals surface area contributed by atoms with Crippen molar-refractivity contribution in [1.29, 1.82) is 0 Å². The molecule has 0 amide bonds. The summed E-state index contributed by atoms with van der Waals surface area (Å²) in [5.41, 5.74) is 1.69. The Kier molecular flexibility index (Phi) is 2.63. The number of hydrogen-bond donors (Lipinski definition) is 2. The zero-order valence-corrected chi connectivity index (χ0v) is 9.62. The molecule has 1 aromatic carbocycles. The van der Waals surface area contributed by atoms with Gasteiger partial charge in [0.25, 0.3) is 0 Å². The Morgan fingerprint density at radius 1 is 1.35 bits per heavy atom. The number of rotatable bonds is 2. The van der Waals surface area contributed by atoms with Crippen LogP contribution in [0.3, 0.4) is 0 Å². The van der Waals surface area contributed by atoms with Crippen LogP contribution in [0.4, 0.5) is 4.39 Å². The van der Waals surface area contributed by atoms with Gasteiger partial charge < -0.3 is 10.1 Å². The van der Waals surface area contributed by atoms with Crippen LogP contribution in [0.25, 0.3) is 10.9 Å². The summed E-state index contributed by atoms with van der Waals surface area (Å²) in [5, 5.41) is 10.8. The van der Waals surface area contributed by atoms with Crippen LogP contribution in [0.2, 0.25) is 0 Å². The van der Waals surface area contributed by atoms with Crippen molar-refractivity contribution in [2.75, 3.05) is 0 Å². The van der Waals surface area contributed by atoms with Crippen LogP contribution in [-0.4, -0.2) is 16.2 Å². The fourth-order valence-corrected chi connectivity index (χ4v) is 2.88. The van der Waals surface area contributed by atoms with Gasteiger partial charge in [0, 0.05) is 11.6 Å². The molecule has 0 bridgehead atoms. The van der Waals surface area contributed by atoms with Crippen molar-refractivity contribution in [3.63, 3.8) is 0 Å². The number of aliphatic hydroxyl groups is 1. The summed E-state index contributed by atoms with van der Waals surface area (Å²) < 4.78 is 13.5. The molecule has 17 heavy (non-hydrogen) atoms. The van der Waals surface area contributed by atoms with E-state index in [4.69, 9.17) is 0 Å². The normalized spacial score (nSPS) is 24.6. The van der Waals surface area contributed by atoms with E-state index in [2.05, 4.69) is 4.98 Å². The minimum absolute atomic E-state index is 0.187. The van der Waals surface area contributed by atoms with Gasteiger partial charge >= 0.3 is 0 Å². The number of hydrogen-bond acceptors (Lipinski definition) is 1. The van der Waals surface area contributed by atoms with E-state index in [1.54, 1.807) is 6.07 Å². The molecule has 2 N–H and O–H groups in total. The number of para-hydroxylation sites is 1. The van der Waals surface area contributed by atoms with Gasteiger partial charge in [-0.05, 0) is 36.8 Å². The van der Waals surface area contributed by atoms with E-state index >= 15 is 0 Å². The van der Waals surface area contributed by atoms with Gasteiger partial charge in [0.15, 0.2) is 0 Å². The second kappa shape index (κ2) is 4.15. The summed E-state index contributed by atoms with van der Waals surface area (Å²) in [4.78, 5) is 2.99. The maximum absolute atomic E-state index is 13.5. The average molecular weight is 233 g/mol. The van der Waals surface area contributed by atoms with Crippen LogP contribution in [0.5, 0.6) is 0 Å². The number of H-pyrrole nitrogens is 1. The maximum atomic E-state index is 13.5. The molecule has 1 heterocycles. The van der Waals surface area contributed by atoms with E-state index in [-0.39, 0.29) is 11.9 Å². The standard InChI is InChI=1S/C14H16FNO/c15-12-5-2-4-11-10(8-16-14(11)12)7-9-3-1-6-13(9)17/h2,4-5,8-9,13,16-17H,1,3,6-7H2. The quantitative estimate of drug-likeness (QED) is 0.821. The molecule has 0 aliphatic heterocycles. The summed E-state index contributed by atoms with van der Waals surface area (Å²) in [6, 6.07) is 5.14. The second-order valence-corrected chi connectivity index (χ2v) is 4.94. The van der Waals surface area contributed by atoms with Gasteiger partial charge in [0.05, 0.1) is 11.6 Å². The van der Waals surface area contributed by atoms with Gasteiger partial charge in [-0.3, -0.25) is 0 Å². The van der Waals surface area contributed by atoms with Crippen LogP contribution in [0.1, 0.15) is 24.8 Å². The van der Waals surface area contributed by atoms with E-state index in [9.17, 15) is 9.50 Å². The van der Waals surface area contributed by atoms with E-state index in [0.29, 0.717) is 11.4 Å². The van der Waals surface area contributed by atoms with Gasteiger partial charge in [-0.1, -0.05) is 18.6 Å². The summed E-state index contributed by atoms with van der Waals surface area (Å²) in [6.07, 6.45) is 5.60. The smallest absolute Gasteiger partial charge is 0.147 e. The lowest BCUT2D eigenvalue weighted by Gasteiger charge is -2.13. The number of aromatic amines is 1. The molecule has 1 aliphatic rings. The average Bonchev–Trinajstić information content (AvgIpc) is 2.89. The van der Waals surface area contributed by atoms with Crippen LogP contribution in [0.15, 0.2) is 24.4 Å². The summed E-state index contributed by atoms with van der Waals surface area (Å²) in [5.74, 6) is 0.123. The van der Waals surface area contributed by atoms with Crippen molar-refractivity contribution < 1.29 is 9.50 Å². The minimum atomic E-state index is -0.208. The molecule has 2 atom stereocenters. The first-order valence-corrected chi connectivity index (χ1v) is 6.18. The SMILES string of the molecule is OC1CCCC1Cc1c[nH]c2c(F)cccc12. The molecule has 1 aliphatic carbocycles. The Bertz CT molecular complexity index is 534. The van der Waals surface area contributed by atoms with Crippen molar-refractivity contribution in [3.8, 4) is 0 Å². The molecule has 1 saturated carbocycles. The highest BCUT2D eigenvalue weighted by Gasteiger charge is 2.26. The first-order chi connectivity index (χ1) is 8.25. The molecule has 2 aromatic rings. The zero-order valence-electron chi connectivity index (χ0n) is 9.62. The molecule has 0 spiro atoms. The third-order valence-corrected chi connectivity index (χ3v) is 3.85. The molecule has 0 saturated heterocycles. The van der Waals surface area contributed by atoms with Gasteiger partial charge in [0.1, 0.15) is 5.82 Å². The van der Waals surface area contributed by atoms with Crippen LogP contribution < -0.4 is 0 Å². The predicted molar refractivity (Wildman–Crippen MR) is 65.3 cm³/mol. The molecule has 3 rings (SSSR count). The Hall–Kier alpha value is -1.35. The summed E-state index contributed by atoms with van der Waals surface area (Å²) >= 11 is 0. The Morgan fingerprint density at radius 2 is 2.24 bits per heavy atom. The topological polar surface area (TPSA) is 36.0 Å². The first kappa shape index (κ1) is 10.8. The number of halogens is 1. The van der Waals surface area contributed by atoms with Crippen molar-refractivity contribution in [2.24, 2.45) is 5.92 Å². The number of fused-ring (bicyclic) bond motifs is 1. The Balaban J connectivity index is 1.93. The zero-order chi connectivity index (χ0) is 11.8. The lowest BCUT2D eigenvalue weighted by atomic mass is 9.96. The number of aromatic nitrogens is 1. The molecule has 1 aromatic heterocycles. The van der Waals surface area contributed by atoms with E-state index in [0.717, 1.165) is 36.6 Å². The van der Waals surface area contributed by atoms with Crippen molar-refractivity contribution in [3.05, 3.63) is 35.8 Å². The molecular weight excluding hydrogens is 217 g/mol. The van der Waals surface area contributed by atoms with Gasteiger partial charge in [-0.25, -0.2) is 4.39 Å². The first-order valence-electron chi connectivity index (χ1n) is 6.18. The second-order valence-electron chi connectivity index (χ2n) is 4.94. The lowest BCUT2D eigenvalue weighted by molar-refractivity contribution is 0.133. The molecule has 2 unspecified atom stereocenters. The van der Waals surface area contributed by atoms with Crippen molar-refractivity contribution in [1.82, 2.24) is 4.98 Å². The van der Waals surface area contributed by atoms with E-state index in [1.165, 1.54) is 6.07 Å². The predicted octanol–water partition coefficient (Wildman–Crippen LogP) is 3.01. The molecular formula is C14H16FNO. The molecule has 2 nitrogen and oxygen atoms in total. The minimum Gasteiger partial charge on any atom is -0.393 e. The summed E-state index contributed by atoms with van der Waals surface area (Å²) in [7, 11) is 0. The monoisotopic (exact) mass is 233 g/mol. The van der Waals surface area contributed by atoms with Gasteiger partial charge in [-0.2, -0.15) is 0 Å². The van der Waals surface area contributed by atoms with Crippen molar-refractivity contribution in [2.45, 2.75) is 31.8 Å². The van der Waals surface area contributed by atoms with Crippen LogP contribution >= 0.6 is 0 Å². The molecule has 0 radical (unpaired) electrons. The fourth-order valence-electron chi connectivity index (χ4n) is 2.88. The third kappa shape index (κ3) is 1.84. The Labute approximate surface area is 99.5 Å². The molecule has 1 fully saturated rings. The summed E-state index contributed by atoms with van der Waals surface area (Å²) in [6.45, 7) is 0. The number of benzene rings is 1. The van der Waals surface area contributed by atoms with E-state index < -0.39 is 0 Å². The number of nitrogens with one attached hydrogen (secondary N) is 1. The van der Waals surface area contributed by atoms with Crippen LogP contribution in [0, 0.1) is 11.7 Å². The van der Waals surface area contributed by atoms with Gasteiger partial charge in [0.2, 0.25) is 0 Å². The largest absolute Gasteiger partial charge is 0.393 e. The fraction of sp³-hybridized carbons (Fsp3) is 0.429. The van der Waals surface area contributed by atoms with E-state index in [1.807, 2.05) is 12.3 Å².